The van der Waals surface area contributed by atoms with E-state index in [1.165, 1.54) is 32.4 Å². The van der Waals surface area contributed by atoms with Gasteiger partial charge in [0.2, 0.25) is 0 Å². The van der Waals surface area contributed by atoms with Crippen LogP contribution in [0, 0.1) is 0 Å². The van der Waals surface area contributed by atoms with E-state index in [1.807, 2.05) is 0 Å². The van der Waals surface area contributed by atoms with Gasteiger partial charge in [0.1, 0.15) is 0 Å². The highest BCUT2D eigenvalue weighted by Crippen LogP contribution is 2.07. The minimum atomic E-state index is 0.911. The van der Waals surface area contributed by atoms with Gasteiger partial charge in [-0.15, -0.1) is 0 Å². The molecule has 2 nitrogen and oxygen atoms in total. The third-order valence-corrected chi connectivity index (χ3v) is 2.66. The number of halogens is 1. The topological polar surface area (TPSA) is 12.5 Å². The van der Waals surface area contributed by atoms with Crippen LogP contribution in [-0.4, -0.2) is 42.2 Å². The fraction of sp³-hybridized carbons (Fsp3) is 1.00. The first kappa shape index (κ1) is 10.7. The highest BCUT2D eigenvalue weighted by molar-refractivity contribution is 14.1. The van der Waals surface area contributed by atoms with Crippen molar-refractivity contribution in [1.82, 2.24) is 4.90 Å². The van der Waals surface area contributed by atoms with E-state index in [9.17, 15) is 0 Å². The van der Waals surface area contributed by atoms with Crippen molar-refractivity contribution >= 4 is 22.6 Å². The minimum absolute atomic E-state index is 0.911. The average molecular weight is 283 g/mol. The maximum Gasteiger partial charge on any atom is 0.0593 e. The summed E-state index contributed by atoms with van der Waals surface area (Å²) in [6.07, 6.45) is 4.18. The molecule has 1 fully saturated rings. The van der Waals surface area contributed by atoms with Crippen molar-refractivity contribution in [3.8, 4) is 0 Å². The average Bonchev–Trinajstić information content (AvgIpc) is 2.14. The van der Waals surface area contributed by atoms with Gasteiger partial charge in [-0.25, -0.2) is 0 Å². The smallest absolute Gasteiger partial charge is 0.0593 e. The molecular weight excluding hydrogens is 265 g/mol. The lowest BCUT2D eigenvalue weighted by atomic mass is 10.1. The lowest BCUT2D eigenvalue weighted by Crippen LogP contribution is -2.32. The summed E-state index contributed by atoms with van der Waals surface area (Å²) < 4.78 is 6.55. The summed E-state index contributed by atoms with van der Waals surface area (Å²) >= 11 is 2.34. The Morgan fingerprint density at radius 1 is 1.08 bits per heavy atom. The normalized spacial score (nSPS) is 19.8. The Hall–Kier alpha value is 0.650. The Kier molecular flexibility index (Phi) is 6.34. The first-order valence-electron chi connectivity index (χ1n) is 4.79. The van der Waals surface area contributed by atoms with Crippen LogP contribution >= 0.6 is 22.6 Å². The van der Waals surface area contributed by atoms with Crippen LogP contribution in [0.5, 0.6) is 0 Å². The van der Waals surface area contributed by atoms with Crippen molar-refractivity contribution in [2.24, 2.45) is 0 Å². The zero-order chi connectivity index (χ0) is 8.65. The SMILES string of the molecule is ICCOCCN1CCCCC1. The van der Waals surface area contributed by atoms with Gasteiger partial charge in [0, 0.05) is 11.0 Å². The third-order valence-electron chi connectivity index (χ3n) is 2.22. The molecule has 0 saturated carbocycles. The maximum atomic E-state index is 5.44. The molecule has 0 N–H and O–H groups in total. The van der Waals surface area contributed by atoms with Gasteiger partial charge in [0.05, 0.1) is 13.2 Å². The zero-order valence-electron chi connectivity index (χ0n) is 7.60. The van der Waals surface area contributed by atoms with Crippen LogP contribution in [0.1, 0.15) is 19.3 Å². The number of hydrogen-bond acceptors (Lipinski definition) is 2. The fourth-order valence-electron chi connectivity index (χ4n) is 1.53. The molecule has 0 amide bonds. The number of ether oxygens (including phenoxy) is 1. The molecule has 0 unspecified atom stereocenters. The van der Waals surface area contributed by atoms with Crippen LogP contribution in [0.4, 0.5) is 0 Å². The molecule has 1 aliphatic rings. The minimum Gasteiger partial charge on any atom is -0.379 e. The first-order chi connectivity index (χ1) is 5.93. The van der Waals surface area contributed by atoms with Crippen LogP contribution in [-0.2, 0) is 4.74 Å². The standard InChI is InChI=1S/C9H18INO/c10-4-8-12-9-7-11-5-2-1-3-6-11/h1-9H2. The Bertz CT molecular complexity index is 105. The van der Waals surface area contributed by atoms with E-state index in [0.29, 0.717) is 0 Å². The summed E-state index contributed by atoms with van der Waals surface area (Å²) in [5, 5.41) is 0. The van der Waals surface area contributed by atoms with Gasteiger partial charge in [0.25, 0.3) is 0 Å². The van der Waals surface area contributed by atoms with Crippen molar-refractivity contribution in [2.45, 2.75) is 19.3 Å². The van der Waals surface area contributed by atoms with Crippen molar-refractivity contribution in [2.75, 3.05) is 37.3 Å². The molecule has 1 saturated heterocycles. The van der Waals surface area contributed by atoms with Gasteiger partial charge >= 0.3 is 0 Å². The lowest BCUT2D eigenvalue weighted by molar-refractivity contribution is 0.108. The highest BCUT2D eigenvalue weighted by atomic mass is 127. The number of hydrogen-bond donors (Lipinski definition) is 0. The maximum absolute atomic E-state index is 5.44. The molecule has 0 atom stereocenters. The summed E-state index contributed by atoms with van der Waals surface area (Å²) in [5.41, 5.74) is 0. The Morgan fingerprint density at radius 3 is 2.50 bits per heavy atom. The Morgan fingerprint density at radius 2 is 1.83 bits per heavy atom. The van der Waals surface area contributed by atoms with E-state index in [-0.39, 0.29) is 0 Å². The number of rotatable bonds is 5. The molecule has 0 spiro atoms. The van der Waals surface area contributed by atoms with E-state index in [2.05, 4.69) is 27.5 Å². The van der Waals surface area contributed by atoms with Gasteiger partial charge in [0.15, 0.2) is 0 Å². The molecule has 0 bridgehead atoms. The van der Waals surface area contributed by atoms with E-state index in [0.717, 1.165) is 24.2 Å². The predicted molar refractivity (Wildman–Crippen MR) is 60.0 cm³/mol. The second-order valence-electron chi connectivity index (χ2n) is 3.20. The summed E-state index contributed by atoms with van der Waals surface area (Å²) in [7, 11) is 0. The van der Waals surface area contributed by atoms with Crippen LogP contribution in [0.2, 0.25) is 0 Å². The van der Waals surface area contributed by atoms with Crippen molar-refractivity contribution in [3.63, 3.8) is 0 Å². The molecule has 0 aromatic carbocycles. The van der Waals surface area contributed by atoms with Crippen molar-refractivity contribution in [1.29, 1.82) is 0 Å². The van der Waals surface area contributed by atoms with Crippen molar-refractivity contribution < 1.29 is 4.74 Å². The van der Waals surface area contributed by atoms with E-state index < -0.39 is 0 Å². The molecule has 0 aromatic heterocycles. The van der Waals surface area contributed by atoms with Gasteiger partial charge < -0.3 is 9.64 Å². The van der Waals surface area contributed by atoms with Gasteiger partial charge in [-0.2, -0.15) is 0 Å². The second kappa shape index (κ2) is 7.09. The molecule has 3 heteroatoms. The number of piperidine rings is 1. The lowest BCUT2D eigenvalue weighted by Gasteiger charge is -2.25. The summed E-state index contributed by atoms with van der Waals surface area (Å²) in [5.74, 6) is 0. The highest BCUT2D eigenvalue weighted by Gasteiger charge is 2.08. The fourth-order valence-corrected chi connectivity index (χ4v) is 1.84. The quantitative estimate of drug-likeness (QED) is 0.434. The second-order valence-corrected chi connectivity index (χ2v) is 4.28. The predicted octanol–water partition coefficient (Wildman–Crippen LogP) is 1.92. The van der Waals surface area contributed by atoms with Crippen LogP contribution in [0.3, 0.4) is 0 Å². The largest absolute Gasteiger partial charge is 0.379 e. The molecule has 72 valence electrons. The summed E-state index contributed by atoms with van der Waals surface area (Å²) in [6.45, 7) is 5.54. The number of nitrogens with zero attached hydrogens (tertiary/aromatic N) is 1. The van der Waals surface area contributed by atoms with Crippen LogP contribution in [0.25, 0.3) is 0 Å². The van der Waals surface area contributed by atoms with Crippen molar-refractivity contribution in [3.05, 3.63) is 0 Å². The van der Waals surface area contributed by atoms with Gasteiger partial charge in [-0.05, 0) is 25.9 Å². The Balaban J connectivity index is 1.91. The molecule has 0 aliphatic carbocycles. The van der Waals surface area contributed by atoms with Crippen LogP contribution < -0.4 is 0 Å². The van der Waals surface area contributed by atoms with Gasteiger partial charge in [-0.1, -0.05) is 29.0 Å². The van der Waals surface area contributed by atoms with E-state index in [1.54, 1.807) is 0 Å². The zero-order valence-corrected chi connectivity index (χ0v) is 9.75. The van der Waals surface area contributed by atoms with E-state index in [4.69, 9.17) is 4.74 Å². The number of likely N-dealkylation sites (tertiary alicyclic amines) is 1. The molecule has 12 heavy (non-hydrogen) atoms. The number of alkyl halides is 1. The molecular formula is C9H18INO. The summed E-state index contributed by atoms with van der Waals surface area (Å²) in [6, 6.07) is 0. The van der Waals surface area contributed by atoms with Gasteiger partial charge in [-0.3, -0.25) is 0 Å². The molecule has 0 radical (unpaired) electrons. The van der Waals surface area contributed by atoms with Crippen LogP contribution in [0.15, 0.2) is 0 Å². The molecule has 1 aliphatic heterocycles. The van der Waals surface area contributed by atoms with E-state index >= 15 is 0 Å². The third kappa shape index (κ3) is 4.62. The summed E-state index contributed by atoms with van der Waals surface area (Å²) in [4.78, 5) is 2.51. The molecule has 1 heterocycles. The first-order valence-corrected chi connectivity index (χ1v) is 6.32. The Labute approximate surface area is 88.8 Å². The molecule has 0 aromatic rings. The monoisotopic (exact) mass is 283 g/mol. The molecule has 1 rings (SSSR count).